The van der Waals surface area contributed by atoms with Gasteiger partial charge < -0.3 is 10.2 Å². The van der Waals surface area contributed by atoms with Crippen molar-refractivity contribution in [2.75, 3.05) is 23.3 Å². The molecule has 2 heterocycles. The van der Waals surface area contributed by atoms with Crippen LogP contribution in [-0.2, 0) is 0 Å². The number of halogens is 1. The van der Waals surface area contributed by atoms with Gasteiger partial charge in [-0.05, 0) is 62.9 Å². The highest BCUT2D eigenvalue weighted by molar-refractivity contribution is 6.30. The second-order valence-corrected chi connectivity index (χ2v) is 6.59. The third-order valence-corrected chi connectivity index (χ3v) is 4.39. The highest BCUT2D eigenvalue weighted by Crippen LogP contribution is 2.21. The minimum absolute atomic E-state index is 0.232. The molecule has 1 aliphatic rings. The monoisotopic (exact) mass is 344 g/mol. The van der Waals surface area contributed by atoms with Crippen LogP contribution >= 0.6 is 11.6 Å². The molecule has 126 valence electrons. The molecular formula is C18H21ClN4O. The number of hydrogen-bond donors (Lipinski definition) is 1. The molecule has 1 aromatic carbocycles. The second-order valence-electron chi connectivity index (χ2n) is 6.16. The van der Waals surface area contributed by atoms with E-state index in [-0.39, 0.29) is 5.91 Å². The number of amides is 1. The maximum atomic E-state index is 12.6. The Morgan fingerprint density at radius 3 is 2.58 bits per heavy atom. The number of anilines is 2. The summed E-state index contributed by atoms with van der Waals surface area (Å²) in [5.41, 5.74) is 2.83. The van der Waals surface area contributed by atoms with Crippen molar-refractivity contribution in [3.05, 3.63) is 46.2 Å². The summed E-state index contributed by atoms with van der Waals surface area (Å²) < 4.78 is 0. The van der Waals surface area contributed by atoms with Gasteiger partial charge in [-0.3, -0.25) is 4.79 Å². The van der Waals surface area contributed by atoms with Crippen LogP contribution in [-0.4, -0.2) is 29.0 Å². The summed E-state index contributed by atoms with van der Waals surface area (Å²) in [6.45, 7) is 5.69. The van der Waals surface area contributed by atoms with Gasteiger partial charge in [-0.25, -0.2) is 9.97 Å². The molecule has 1 saturated heterocycles. The van der Waals surface area contributed by atoms with Crippen LogP contribution in [0.4, 0.5) is 11.6 Å². The van der Waals surface area contributed by atoms with Crippen molar-refractivity contribution in [1.82, 2.24) is 9.97 Å². The number of aryl methyl sites for hydroxylation is 2. The summed E-state index contributed by atoms with van der Waals surface area (Å²) in [6.07, 6.45) is 3.52. The summed E-state index contributed by atoms with van der Waals surface area (Å²) in [5, 5.41) is 3.55. The van der Waals surface area contributed by atoms with Gasteiger partial charge in [-0.2, -0.15) is 0 Å². The number of nitrogens with zero attached hydrogens (tertiary/aromatic N) is 3. The van der Waals surface area contributed by atoms with Crippen LogP contribution in [0.15, 0.2) is 24.3 Å². The van der Waals surface area contributed by atoms with Gasteiger partial charge in [-0.1, -0.05) is 11.6 Å². The molecule has 1 amide bonds. The average molecular weight is 345 g/mol. The molecule has 0 aliphatic carbocycles. The number of rotatable bonds is 3. The van der Waals surface area contributed by atoms with Crippen molar-refractivity contribution in [3.63, 3.8) is 0 Å². The summed E-state index contributed by atoms with van der Waals surface area (Å²) in [6, 6.07) is 7.10. The van der Waals surface area contributed by atoms with E-state index in [9.17, 15) is 4.79 Å². The largest absolute Gasteiger partial charge is 0.341 e. The average Bonchev–Trinajstić information content (AvgIpc) is 2.57. The number of piperidine rings is 1. The molecule has 0 radical (unpaired) electrons. The van der Waals surface area contributed by atoms with Gasteiger partial charge in [0.25, 0.3) is 5.91 Å². The van der Waals surface area contributed by atoms with E-state index in [4.69, 9.17) is 11.6 Å². The lowest BCUT2D eigenvalue weighted by Gasteiger charge is -2.27. The first kappa shape index (κ1) is 16.7. The van der Waals surface area contributed by atoms with Gasteiger partial charge in [0.15, 0.2) is 0 Å². The molecule has 0 unspecified atom stereocenters. The molecule has 1 N–H and O–H groups in total. The minimum atomic E-state index is -0.232. The normalized spacial score (nSPS) is 14.5. The van der Waals surface area contributed by atoms with Crippen molar-refractivity contribution in [2.24, 2.45) is 0 Å². The van der Waals surface area contributed by atoms with Crippen LogP contribution in [0.25, 0.3) is 0 Å². The van der Waals surface area contributed by atoms with Crippen LogP contribution in [0.1, 0.15) is 41.0 Å². The Kier molecular flexibility index (Phi) is 5.00. The topological polar surface area (TPSA) is 58.1 Å². The van der Waals surface area contributed by atoms with Gasteiger partial charge >= 0.3 is 0 Å². The first-order valence-corrected chi connectivity index (χ1v) is 8.59. The van der Waals surface area contributed by atoms with Gasteiger partial charge in [0.2, 0.25) is 5.95 Å². The quantitative estimate of drug-likeness (QED) is 0.914. The number of carbonyl (C=O) groups excluding carboxylic acids is 1. The Bertz CT molecular complexity index is 757. The number of nitrogens with one attached hydrogen (secondary N) is 1. The molecule has 0 saturated carbocycles. The maximum absolute atomic E-state index is 12.6. The third-order valence-electron chi connectivity index (χ3n) is 4.15. The van der Waals surface area contributed by atoms with E-state index in [1.165, 1.54) is 6.42 Å². The van der Waals surface area contributed by atoms with Crippen molar-refractivity contribution in [2.45, 2.75) is 33.1 Å². The summed E-state index contributed by atoms with van der Waals surface area (Å²) in [4.78, 5) is 23.7. The van der Waals surface area contributed by atoms with E-state index in [2.05, 4.69) is 20.2 Å². The SMILES string of the molecule is Cc1cc(C(=O)Nc2ccc(Cl)cc2C)nc(N2CCCCC2)n1. The van der Waals surface area contributed by atoms with Gasteiger partial charge in [0, 0.05) is 29.5 Å². The molecule has 1 aliphatic heterocycles. The summed E-state index contributed by atoms with van der Waals surface area (Å²) >= 11 is 5.96. The van der Waals surface area contributed by atoms with E-state index in [1.54, 1.807) is 18.2 Å². The highest BCUT2D eigenvalue weighted by atomic mass is 35.5. The molecule has 2 aromatic rings. The first-order valence-electron chi connectivity index (χ1n) is 8.21. The molecule has 3 rings (SSSR count). The fourth-order valence-electron chi connectivity index (χ4n) is 2.86. The molecule has 0 spiro atoms. The second kappa shape index (κ2) is 7.18. The molecular weight excluding hydrogens is 324 g/mol. The van der Waals surface area contributed by atoms with E-state index in [0.29, 0.717) is 16.7 Å². The minimum Gasteiger partial charge on any atom is -0.341 e. The van der Waals surface area contributed by atoms with E-state index >= 15 is 0 Å². The Morgan fingerprint density at radius 1 is 1.12 bits per heavy atom. The van der Waals surface area contributed by atoms with E-state index in [0.717, 1.165) is 42.9 Å². The number of hydrogen-bond acceptors (Lipinski definition) is 4. The predicted molar refractivity (Wildman–Crippen MR) is 97.0 cm³/mol. The van der Waals surface area contributed by atoms with Crippen molar-refractivity contribution < 1.29 is 4.79 Å². The lowest BCUT2D eigenvalue weighted by molar-refractivity contribution is 0.102. The molecule has 6 heteroatoms. The standard InChI is InChI=1S/C18H21ClN4O/c1-12-10-14(19)6-7-15(12)21-17(24)16-11-13(2)20-18(22-16)23-8-4-3-5-9-23/h6-7,10-11H,3-5,8-9H2,1-2H3,(H,21,24). The third kappa shape index (κ3) is 3.85. The van der Waals surface area contributed by atoms with Gasteiger partial charge in [0.05, 0.1) is 0 Å². The van der Waals surface area contributed by atoms with Crippen molar-refractivity contribution in [1.29, 1.82) is 0 Å². The molecule has 0 bridgehead atoms. The smallest absolute Gasteiger partial charge is 0.274 e. The predicted octanol–water partition coefficient (Wildman–Crippen LogP) is 3.99. The first-order chi connectivity index (χ1) is 11.5. The number of carbonyl (C=O) groups is 1. The fraction of sp³-hybridized carbons (Fsp3) is 0.389. The molecule has 5 nitrogen and oxygen atoms in total. The zero-order valence-corrected chi connectivity index (χ0v) is 14.7. The fourth-order valence-corrected chi connectivity index (χ4v) is 3.08. The van der Waals surface area contributed by atoms with Crippen LogP contribution in [0.2, 0.25) is 5.02 Å². The summed E-state index contributed by atoms with van der Waals surface area (Å²) in [7, 11) is 0. The van der Waals surface area contributed by atoms with E-state index in [1.807, 2.05) is 19.9 Å². The molecule has 1 aromatic heterocycles. The summed E-state index contributed by atoms with van der Waals surface area (Å²) in [5.74, 6) is 0.414. The number of benzene rings is 1. The van der Waals surface area contributed by atoms with Crippen molar-refractivity contribution >= 4 is 29.1 Å². The number of aromatic nitrogens is 2. The molecule has 0 atom stereocenters. The zero-order valence-electron chi connectivity index (χ0n) is 14.0. The Balaban J connectivity index is 1.82. The maximum Gasteiger partial charge on any atom is 0.274 e. The van der Waals surface area contributed by atoms with Gasteiger partial charge in [-0.15, -0.1) is 0 Å². The molecule has 24 heavy (non-hydrogen) atoms. The lowest BCUT2D eigenvalue weighted by Crippen LogP contribution is -2.31. The Morgan fingerprint density at radius 2 is 1.88 bits per heavy atom. The van der Waals surface area contributed by atoms with Gasteiger partial charge in [0.1, 0.15) is 5.69 Å². The lowest BCUT2D eigenvalue weighted by atomic mass is 10.1. The zero-order chi connectivity index (χ0) is 17.1. The van der Waals surface area contributed by atoms with Crippen LogP contribution in [0.5, 0.6) is 0 Å². The van der Waals surface area contributed by atoms with Crippen LogP contribution < -0.4 is 10.2 Å². The Labute approximate surface area is 147 Å². The highest BCUT2D eigenvalue weighted by Gasteiger charge is 2.17. The Hall–Kier alpha value is -2.14. The van der Waals surface area contributed by atoms with Crippen LogP contribution in [0, 0.1) is 13.8 Å². The van der Waals surface area contributed by atoms with E-state index < -0.39 is 0 Å². The van der Waals surface area contributed by atoms with Crippen LogP contribution in [0.3, 0.4) is 0 Å². The van der Waals surface area contributed by atoms with Crippen molar-refractivity contribution in [3.8, 4) is 0 Å². The molecule has 1 fully saturated rings.